The van der Waals surface area contributed by atoms with Gasteiger partial charge in [-0.25, -0.2) is 4.98 Å². The topological polar surface area (TPSA) is 49.6 Å². The zero-order valence-corrected chi connectivity index (χ0v) is 16.2. The molecule has 1 amide bonds. The number of halogens is 3. The average molecular weight is 421 g/mol. The maximum Gasteiger partial charge on any atom is 0.417 e. The number of hydrogen-bond acceptors (Lipinski definition) is 5. The third-order valence-corrected chi connectivity index (χ3v) is 5.64. The summed E-state index contributed by atoms with van der Waals surface area (Å²) in [5.74, 6) is 0.137. The van der Waals surface area contributed by atoms with E-state index in [0.717, 1.165) is 16.8 Å². The molecule has 0 radical (unpaired) electrons. The molecule has 0 spiro atoms. The Morgan fingerprint density at radius 2 is 1.86 bits per heavy atom. The van der Waals surface area contributed by atoms with Crippen LogP contribution in [0.1, 0.15) is 20.9 Å². The van der Waals surface area contributed by atoms with Gasteiger partial charge >= 0.3 is 6.18 Å². The summed E-state index contributed by atoms with van der Waals surface area (Å²) < 4.78 is 44.9. The van der Waals surface area contributed by atoms with Gasteiger partial charge in [0.1, 0.15) is 10.7 Å². The lowest BCUT2D eigenvalue weighted by Crippen LogP contribution is -2.48. The predicted molar refractivity (Wildman–Crippen MR) is 102 cm³/mol. The van der Waals surface area contributed by atoms with Crippen molar-refractivity contribution in [2.24, 2.45) is 0 Å². The van der Waals surface area contributed by atoms with E-state index in [2.05, 4.69) is 9.88 Å². The number of carbonyl (C=O) groups excluding carboxylic acids is 1. The Labute approximate surface area is 169 Å². The fourth-order valence-electron chi connectivity index (χ4n) is 3.31. The first kappa shape index (κ1) is 19.7. The lowest BCUT2D eigenvalue weighted by molar-refractivity contribution is -0.138. The lowest BCUT2D eigenvalue weighted by Gasteiger charge is -2.34. The molecule has 3 heterocycles. The number of amides is 1. The summed E-state index contributed by atoms with van der Waals surface area (Å²) in [5.41, 5.74) is -0.398. The van der Waals surface area contributed by atoms with Crippen LogP contribution >= 0.6 is 11.3 Å². The molecule has 1 saturated heterocycles. The Morgan fingerprint density at radius 1 is 1.10 bits per heavy atom. The number of rotatable bonds is 4. The summed E-state index contributed by atoms with van der Waals surface area (Å²) in [6.07, 6.45) is -2.95. The molecule has 1 aliphatic heterocycles. The van der Waals surface area contributed by atoms with E-state index in [1.165, 1.54) is 34.4 Å². The van der Waals surface area contributed by atoms with Gasteiger partial charge in [0, 0.05) is 31.6 Å². The quantitative estimate of drug-likeness (QED) is 0.627. The van der Waals surface area contributed by atoms with E-state index in [0.29, 0.717) is 38.5 Å². The van der Waals surface area contributed by atoms with Crippen LogP contribution < -0.4 is 0 Å². The summed E-state index contributed by atoms with van der Waals surface area (Å²) >= 11 is 1.53. The first-order valence-electron chi connectivity index (χ1n) is 9.08. The van der Waals surface area contributed by atoms with Crippen molar-refractivity contribution in [3.05, 3.63) is 64.2 Å². The second-order valence-corrected chi connectivity index (χ2v) is 7.66. The first-order chi connectivity index (χ1) is 13.9. The molecule has 152 valence electrons. The molecule has 29 heavy (non-hydrogen) atoms. The molecule has 5 nitrogen and oxygen atoms in total. The van der Waals surface area contributed by atoms with Crippen LogP contribution in [0.15, 0.2) is 52.5 Å². The second-order valence-electron chi connectivity index (χ2n) is 6.72. The van der Waals surface area contributed by atoms with E-state index in [-0.39, 0.29) is 5.56 Å². The van der Waals surface area contributed by atoms with Crippen molar-refractivity contribution in [2.75, 3.05) is 26.2 Å². The molecule has 1 aromatic carbocycles. The van der Waals surface area contributed by atoms with Crippen molar-refractivity contribution in [1.29, 1.82) is 0 Å². The second kappa shape index (κ2) is 8.00. The Morgan fingerprint density at radius 3 is 2.55 bits per heavy atom. The van der Waals surface area contributed by atoms with Crippen LogP contribution in [0.3, 0.4) is 0 Å². The minimum absolute atomic E-state index is 0.295. The number of nitrogens with zero attached hydrogens (tertiary/aromatic N) is 3. The third-order valence-electron chi connectivity index (χ3n) is 4.81. The minimum atomic E-state index is -4.55. The summed E-state index contributed by atoms with van der Waals surface area (Å²) in [6, 6.07) is 8.59. The highest BCUT2D eigenvalue weighted by Crippen LogP contribution is 2.32. The van der Waals surface area contributed by atoms with Crippen LogP contribution in [-0.4, -0.2) is 46.9 Å². The highest BCUT2D eigenvalue weighted by atomic mass is 32.1. The molecule has 3 aromatic rings. The van der Waals surface area contributed by atoms with E-state index < -0.39 is 17.6 Å². The largest absolute Gasteiger partial charge is 0.463 e. The molecule has 1 fully saturated rings. The van der Waals surface area contributed by atoms with E-state index in [1.807, 2.05) is 17.5 Å². The maximum atomic E-state index is 13.2. The standard InChI is InChI=1S/C20H18F3N3O2S/c21-20(22,23)15-5-2-1-4-14(15)19(27)26-9-7-25(8-10-26)12-18-24-16(13-29-18)17-6-3-11-28-17/h1-6,11,13H,7-10,12H2. The van der Waals surface area contributed by atoms with Gasteiger partial charge in [-0.05, 0) is 24.3 Å². The molecular formula is C20H18F3N3O2S. The number of benzene rings is 1. The zero-order valence-electron chi connectivity index (χ0n) is 15.4. The van der Waals surface area contributed by atoms with Crippen LogP contribution in [-0.2, 0) is 12.7 Å². The third kappa shape index (κ3) is 4.35. The summed E-state index contributed by atoms with van der Waals surface area (Å²) in [4.78, 5) is 20.8. The van der Waals surface area contributed by atoms with Crippen LogP contribution in [0.25, 0.3) is 11.5 Å². The Bertz CT molecular complexity index is 977. The fourth-order valence-corrected chi connectivity index (χ4v) is 4.13. The Balaban J connectivity index is 1.37. The number of furan rings is 1. The van der Waals surface area contributed by atoms with E-state index in [1.54, 1.807) is 6.26 Å². The number of carbonyl (C=O) groups is 1. The van der Waals surface area contributed by atoms with Crippen LogP contribution in [0.5, 0.6) is 0 Å². The Kier molecular flexibility index (Phi) is 5.42. The molecular weight excluding hydrogens is 403 g/mol. The van der Waals surface area contributed by atoms with Crippen LogP contribution in [0.4, 0.5) is 13.2 Å². The maximum absolute atomic E-state index is 13.2. The van der Waals surface area contributed by atoms with Gasteiger partial charge in [-0.3, -0.25) is 9.69 Å². The average Bonchev–Trinajstić information content (AvgIpc) is 3.39. The highest BCUT2D eigenvalue weighted by Gasteiger charge is 2.36. The van der Waals surface area contributed by atoms with Crippen LogP contribution in [0, 0.1) is 0 Å². The molecule has 0 aliphatic carbocycles. The molecule has 0 unspecified atom stereocenters. The minimum Gasteiger partial charge on any atom is -0.463 e. The normalized spacial score (nSPS) is 15.6. The fraction of sp³-hybridized carbons (Fsp3) is 0.300. The van der Waals surface area contributed by atoms with Gasteiger partial charge in [0.2, 0.25) is 0 Å². The van der Waals surface area contributed by atoms with Gasteiger partial charge in [0.15, 0.2) is 5.76 Å². The number of thiazole rings is 1. The van der Waals surface area contributed by atoms with Crippen molar-refractivity contribution in [3.63, 3.8) is 0 Å². The van der Waals surface area contributed by atoms with Crippen molar-refractivity contribution in [1.82, 2.24) is 14.8 Å². The predicted octanol–water partition coefficient (Wildman–Crippen LogP) is 4.38. The molecule has 2 aromatic heterocycles. The van der Waals surface area contributed by atoms with E-state index in [4.69, 9.17) is 4.42 Å². The van der Waals surface area contributed by atoms with E-state index in [9.17, 15) is 18.0 Å². The van der Waals surface area contributed by atoms with Gasteiger partial charge < -0.3 is 9.32 Å². The van der Waals surface area contributed by atoms with Crippen LogP contribution in [0.2, 0.25) is 0 Å². The molecule has 0 saturated carbocycles. The number of piperazine rings is 1. The van der Waals surface area contributed by atoms with E-state index >= 15 is 0 Å². The number of aromatic nitrogens is 1. The van der Waals surface area contributed by atoms with Gasteiger partial charge in [0.25, 0.3) is 5.91 Å². The van der Waals surface area contributed by atoms with Crippen molar-refractivity contribution in [2.45, 2.75) is 12.7 Å². The lowest BCUT2D eigenvalue weighted by atomic mass is 10.1. The number of hydrogen-bond donors (Lipinski definition) is 0. The molecule has 0 atom stereocenters. The summed E-state index contributed by atoms with van der Waals surface area (Å²) in [5, 5.41) is 2.86. The summed E-state index contributed by atoms with van der Waals surface area (Å²) in [6.45, 7) is 2.54. The Hall–Kier alpha value is -2.65. The van der Waals surface area contributed by atoms with Crippen molar-refractivity contribution in [3.8, 4) is 11.5 Å². The molecule has 0 bridgehead atoms. The summed E-state index contributed by atoms with van der Waals surface area (Å²) in [7, 11) is 0. The van der Waals surface area contributed by atoms with Crippen molar-refractivity contribution >= 4 is 17.2 Å². The number of alkyl halides is 3. The molecule has 1 aliphatic rings. The van der Waals surface area contributed by atoms with Crippen molar-refractivity contribution < 1.29 is 22.4 Å². The monoisotopic (exact) mass is 421 g/mol. The SMILES string of the molecule is O=C(c1ccccc1C(F)(F)F)N1CCN(Cc2nc(-c3ccco3)cs2)CC1. The smallest absolute Gasteiger partial charge is 0.417 e. The molecule has 4 rings (SSSR count). The van der Waals surface area contributed by atoms with Gasteiger partial charge in [0.05, 0.1) is 23.9 Å². The molecule has 9 heteroatoms. The zero-order chi connectivity index (χ0) is 20.4. The van der Waals surface area contributed by atoms with Gasteiger partial charge in [-0.2, -0.15) is 13.2 Å². The first-order valence-corrected chi connectivity index (χ1v) is 9.96. The molecule has 0 N–H and O–H groups in total. The highest BCUT2D eigenvalue weighted by molar-refractivity contribution is 7.09. The van der Waals surface area contributed by atoms with Gasteiger partial charge in [-0.15, -0.1) is 11.3 Å². The van der Waals surface area contributed by atoms with Gasteiger partial charge in [-0.1, -0.05) is 12.1 Å².